The maximum atomic E-state index is 12.2. The Kier molecular flexibility index (Phi) is 4.21. The van der Waals surface area contributed by atoms with Crippen molar-refractivity contribution in [2.45, 2.75) is 26.0 Å². The number of carbonyl (C=O) groups excluding carboxylic acids is 2. The van der Waals surface area contributed by atoms with E-state index in [2.05, 4.69) is 5.32 Å². The normalized spacial score (nSPS) is 23.2. The number of ether oxygens (including phenoxy) is 1. The van der Waals surface area contributed by atoms with E-state index in [0.717, 1.165) is 4.88 Å². The second kappa shape index (κ2) is 5.71. The molecule has 2 heterocycles. The average molecular weight is 282 g/mol. The Hall–Kier alpha value is -1.40. The Morgan fingerprint density at radius 2 is 2.37 bits per heavy atom. The number of hydrogen-bond acceptors (Lipinski definition) is 4. The summed E-state index contributed by atoms with van der Waals surface area (Å²) < 4.78 is 5.58. The summed E-state index contributed by atoms with van der Waals surface area (Å²) in [4.78, 5) is 26.3. The van der Waals surface area contributed by atoms with Gasteiger partial charge in [-0.1, -0.05) is 6.07 Å². The lowest BCUT2D eigenvalue weighted by atomic mass is 10.0. The van der Waals surface area contributed by atoms with E-state index in [9.17, 15) is 9.59 Å². The molecule has 104 valence electrons. The van der Waals surface area contributed by atoms with Gasteiger partial charge in [-0.3, -0.25) is 9.59 Å². The molecule has 0 radical (unpaired) electrons. The van der Waals surface area contributed by atoms with Crippen molar-refractivity contribution in [1.29, 1.82) is 0 Å². The van der Waals surface area contributed by atoms with Crippen LogP contribution < -0.4 is 5.32 Å². The molecule has 1 aliphatic rings. The third kappa shape index (κ3) is 3.33. The van der Waals surface area contributed by atoms with Gasteiger partial charge in [0.15, 0.2) is 5.60 Å². The monoisotopic (exact) mass is 282 g/mol. The first-order chi connectivity index (χ1) is 9.01. The molecule has 0 bridgehead atoms. The lowest BCUT2D eigenvalue weighted by molar-refractivity contribution is -0.162. The predicted octanol–water partition coefficient (Wildman–Crippen LogP) is 1.00. The average Bonchev–Trinajstić information content (AvgIpc) is 2.89. The van der Waals surface area contributed by atoms with E-state index < -0.39 is 5.60 Å². The van der Waals surface area contributed by atoms with E-state index in [4.69, 9.17) is 4.74 Å². The molecule has 1 aromatic rings. The maximum Gasteiger partial charge on any atom is 0.254 e. The zero-order valence-electron chi connectivity index (χ0n) is 11.1. The lowest BCUT2D eigenvalue weighted by Crippen LogP contribution is -2.58. The molecule has 0 saturated carbocycles. The molecule has 0 aliphatic carbocycles. The summed E-state index contributed by atoms with van der Waals surface area (Å²) in [5, 5.41) is 4.83. The van der Waals surface area contributed by atoms with Gasteiger partial charge in [-0.15, -0.1) is 11.3 Å². The fourth-order valence-corrected chi connectivity index (χ4v) is 2.69. The van der Waals surface area contributed by atoms with Crippen LogP contribution in [-0.2, 0) is 20.9 Å². The van der Waals surface area contributed by atoms with Crippen LogP contribution in [0.15, 0.2) is 17.5 Å². The lowest BCUT2D eigenvalue weighted by Gasteiger charge is -2.38. The summed E-state index contributed by atoms with van der Waals surface area (Å²) in [5.41, 5.74) is -0.957. The standard InChI is InChI=1S/C13H18N2O3S/c1-10(16)15-5-6-18-13(2,9-15)12(17)14-8-11-4-3-7-19-11/h3-4,7H,5-6,8-9H2,1-2H3,(H,14,17)/t13-/m1/s1. The van der Waals surface area contributed by atoms with Crippen molar-refractivity contribution < 1.29 is 14.3 Å². The third-order valence-corrected chi connectivity index (χ3v) is 4.08. The van der Waals surface area contributed by atoms with Gasteiger partial charge in [0.2, 0.25) is 5.91 Å². The van der Waals surface area contributed by atoms with Crippen LogP contribution in [0.5, 0.6) is 0 Å². The van der Waals surface area contributed by atoms with E-state index in [1.807, 2.05) is 17.5 Å². The highest BCUT2D eigenvalue weighted by Gasteiger charge is 2.39. The first-order valence-corrected chi connectivity index (χ1v) is 7.09. The van der Waals surface area contributed by atoms with Crippen molar-refractivity contribution in [3.63, 3.8) is 0 Å². The van der Waals surface area contributed by atoms with Gasteiger partial charge in [-0.05, 0) is 18.4 Å². The molecule has 1 atom stereocenters. The second-order valence-electron chi connectivity index (χ2n) is 4.78. The molecule has 1 aromatic heterocycles. The molecule has 1 fully saturated rings. The van der Waals surface area contributed by atoms with Crippen molar-refractivity contribution >= 4 is 23.2 Å². The van der Waals surface area contributed by atoms with Crippen LogP contribution in [0.1, 0.15) is 18.7 Å². The molecule has 1 N–H and O–H groups in total. The molecule has 19 heavy (non-hydrogen) atoms. The van der Waals surface area contributed by atoms with Crippen LogP contribution in [0.2, 0.25) is 0 Å². The smallest absolute Gasteiger partial charge is 0.254 e. The second-order valence-corrected chi connectivity index (χ2v) is 5.81. The van der Waals surface area contributed by atoms with Crippen LogP contribution >= 0.6 is 11.3 Å². The van der Waals surface area contributed by atoms with Gasteiger partial charge in [0.05, 0.1) is 19.7 Å². The zero-order valence-corrected chi connectivity index (χ0v) is 12.0. The van der Waals surface area contributed by atoms with Crippen molar-refractivity contribution in [3.8, 4) is 0 Å². The highest BCUT2D eigenvalue weighted by molar-refractivity contribution is 7.09. The number of hydrogen-bond donors (Lipinski definition) is 1. The number of thiophene rings is 1. The summed E-state index contributed by atoms with van der Waals surface area (Å²) in [6.45, 7) is 4.97. The molecule has 2 amide bonds. The number of morpholine rings is 1. The van der Waals surface area contributed by atoms with E-state index >= 15 is 0 Å². The Morgan fingerprint density at radius 1 is 1.58 bits per heavy atom. The van der Waals surface area contributed by atoms with E-state index in [0.29, 0.717) is 26.2 Å². The molecular weight excluding hydrogens is 264 g/mol. The highest BCUT2D eigenvalue weighted by atomic mass is 32.1. The Bertz CT molecular complexity index is 460. The zero-order chi connectivity index (χ0) is 13.9. The van der Waals surface area contributed by atoms with Gasteiger partial charge >= 0.3 is 0 Å². The minimum Gasteiger partial charge on any atom is -0.362 e. The molecule has 0 aromatic carbocycles. The molecule has 2 rings (SSSR count). The summed E-state index contributed by atoms with van der Waals surface area (Å²) in [5.74, 6) is -0.201. The Balaban J connectivity index is 1.94. The van der Waals surface area contributed by atoms with Gasteiger partial charge in [0.25, 0.3) is 5.91 Å². The van der Waals surface area contributed by atoms with Crippen molar-refractivity contribution in [2.75, 3.05) is 19.7 Å². The molecule has 0 unspecified atom stereocenters. The molecule has 6 heteroatoms. The number of nitrogens with one attached hydrogen (secondary N) is 1. The fraction of sp³-hybridized carbons (Fsp3) is 0.538. The van der Waals surface area contributed by atoms with Gasteiger partial charge < -0.3 is 15.0 Å². The summed E-state index contributed by atoms with van der Waals surface area (Å²) in [6.07, 6.45) is 0. The van der Waals surface area contributed by atoms with E-state index in [1.165, 1.54) is 6.92 Å². The molecule has 5 nitrogen and oxygen atoms in total. The first-order valence-electron chi connectivity index (χ1n) is 6.21. The molecular formula is C13H18N2O3S. The van der Waals surface area contributed by atoms with Crippen LogP contribution in [-0.4, -0.2) is 42.0 Å². The topological polar surface area (TPSA) is 58.6 Å². The number of carbonyl (C=O) groups is 2. The number of nitrogens with zero attached hydrogens (tertiary/aromatic N) is 1. The first kappa shape index (κ1) is 14.0. The van der Waals surface area contributed by atoms with Gasteiger partial charge in [-0.25, -0.2) is 0 Å². The summed E-state index contributed by atoms with van der Waals surface area (Å²) >= 11 is 1.60. The van der Waals surface area contributed by atoms with Crippen molar-refractivity contribution in [2.24, 2.45) is 0 Å². The van der Waals surface area contributed by atoms with E-state index in [1.54, 1.807) is 23.2 Å². The highest BCUT2D eigenvalue weighted by Crippen LogP contribution is 2.18. The van der Waals surface area contributed by atoms with Crippen molar-refractivity contribution in [3.05, 3.63) is 22.4 Å². The largest absolute Gasteiger partial charge is 0.362 e. The Morgan fingerprint density at radius 3 is 3.00 bits per heavy atom. The minimum atomic E-state index is -0.957. The Labute approximate surface area is 116 Å². The third-order valence-electron chi connectivity index (χ3n) is 3.20. The number of rotatable bonds is 3. The predicted molar refractivity (Wildman–Crippen MR) is 72.8 cm³/mol. The van der Waals surface area contributed by atoms with Gasteiger partial charge in [-0.2, -0.15) is 0 Å². The molecule has 1 saturated heterocycles. The summed E-state index contributed by atoms with van der Waals surface area (Å²) in [7, 11) is 0. The maximum absolute atomic E-state index is 12.2. The SMILES string of the molecule is CC(=O)N1CCO[C@@](C)(C(=O)NCc2cccs2)C1. The molecule has 1 aliphatic heterocycles. The van der Waals surface area contributed by atoms with Crippen LogP contribution in [0.4, 0.5) is 0 Å². The van der Waals surface area contributed by atoms with E-state index in [-0.39, 0.29) is 11.8 Å². The quantitative estimate of drug-likeness (QED) is 0.900. The minimum absolute atomic E-state index is 0.0272. The van der Waals surface area contributed by atoms with Crippen LogP contribution in [0, 0.1) is 0 Å². The molecule has 0 spiro atoms. The van der Waals surface area contributed by atoms with Crippen LogP contribution in [0.25, 0.3) is 0 Å². The fourth-order valence-electron chi connectivity index (χ4n) is 2.04. The van der Waals surface area contributed by atoms with Crippen LogP contribution in [0.3, 0.4) is 0 Å². The summed E-state index contributed by atoms with van der Waals surface area (Å²) in [6, 6.07) is 3.92. The number of amides is 2. The van der Waals surface area contributed by atoms with Gasteiger partial charge in [0.1, 0.15) is 0 Å². The van der Waals surface area contributed by atoms with Crippen molar-refractivity contribution in [1.82, 2.24) is 10.2 Å². The van der Waals surface area contributed by atoms with Gasteiger partial charge in [0, 0.05) is 18.3 Å².